The maximum absolute atomic E-state index is 12.3. The van der Waals surface area contributed by atoms with Crippen LogP contribution in [0.3, 0.4) is 0 Å². The number of hydrogen-bond donors (Lipinski definition) is 3. The first kappa shape index (κ1) is 15.6. The lowest BCUT2D eigenvalue weighted by molar-refractivity contribution is 0.0944. The van der Waals surface area contributed by atoms with Crippen molar-refractivity contribution in [2.45, 2.75) is 19.9 Å². The van der Waals surface area contributed by atoms with Crippen molar-refractivity contribution in [1.29, 1.82) is 0 Å². The molecule has 2 rings (SSSR count). The molecule has 1 aromatic carbocycles. The van der Waals surface area contributed by atoms with E-state index in [-0.39, 0.29) is 17.8 Å². The predicted octanol–water partition coefficient (Wildman–Crippen LogP) is 3.30. The Bertz CT molecular complexity index is 626. The van der Waals surface area contributed by atoms with Gasteiger partial charge in [0.25, 0.3) is 5.91 Å². The molecule has 0 aliphatic carbocycles. The standard InChI is InChI=1S/C14H17ClN4OS/c1-3-17-14-19-12(16)11(21-14)13(20)18-8(2)9-4-6-10(15)7-5-9/h4-8H,3,16H2,1-2H3,(H,17,19)(H,18,20). The predicted molar refractivity (Wildman–Crippen MR) is 88.0 cm³/mol. The van der Waals surface area contributed by atoms with Crippen LogP contribution < -0.4 is 16.4 Å². The fraction of sp³-hybridized carbons (Fsp3) is 0.286. The first-order chi connectivity index (χ1) is 10.0. The zero-order valence-electron chi connectivity index (χ0n) is 11.8. The maximum atomic E-state index is 12.3. The Morgan fingerprint density at radius 2 is 2.10 bits per heavy atom. The van der Waals surface area contributed by atoms with E-state index in [1.165, 1.54) is 11.3 Å². The van der Waals surface area contributed by atoms with Crippen LogP contribution in [0.1, 0.15) is 35.1 Å². The molecule has 112 valence electrons. The molecule has 21 heavy (non-hydrogen) atoms. The second kappa shape index (κ2) is 6.78. The van der Waals surface area contributed by atoms with E-state index in [4.69, 9.17) is 17.3 Å². The Labute approximate surface area is 132 Å². The number of hydrogen-bond acceptors (Lipinski definition) is 5. The number of rotatable bonds is 5. The van der Waals surface area contributed by atoms with Gasteiger partial charge in [-0.3, -0.25) is 4.79 Å². The number of benzene rings is 1. The van der Waals surface area contributed by atoms with Crippen molar-refractivity contribution in [3.63, 3.8) is 0 Å². The molecule has 0 radical (unpaired) electrons. The SMILES string of the molecule is CCNc1nc(N)c(C(=O)NC(C)c2ccc(Cl)cc2)s1. The lowest BCUT2D eigenvalue weighted by Crippen LogP contribution is -2.26. The molecule has 0 aliphatic rings. The topological polar surface area (TPSA) is 80.0 Å². The Hall–Kier alpha value is -1.79. The van der Waals surface area contributed by atoms with Crippen molar-refractivity contribution in [2.24, 2.45) is 0 Å². The van der Waals surface area contributed by atoms with Crippen molar-refractivity contribution >= 4 is 39.8 Å². The molecule has 1 atom stereocenters. The largest absolute Gasteiger partial charge is 0.382 e. The Balaban J connectivity index is 2.08. The Morgan fingerprint density at radius 1 is 1.43 bits per heavy atom. The molecule has 0 aliphatic heterocycles. The number of halogens is 1. The fourth-order valence-corrected chi connectivity index (χ4v) is 2.80. The lowest BCUT2D eigenvalue weighted by atomic mass is 10.1. The molecule has 1 heterocycles. The van der Waals surface area contributed by atoms with Gasteiger partial charge >= 0.3 is 0 Å². The van der Waals surface area contributed by atoms with Gasteiger partial charge in [0.15, 0.2) is 5.13 Å². The third-order valence-corrected chi connectivity index (χ3v) is 4.18. The van der Waals surface area contributed by atoms with Crippen LogP contribution in [-0.2, 0) is 0 Å². The summed E-state index contributed by atoms with van der Waals surface area (Å²) >= 11 is 7.11. The molecular formula is C14H17ClN4OS. The monoisotopic (exact) mass is 324 g/mol. The summed E-state index contributed by atoms with van der Waals surface area (Å²) in [5.41, 5.74) is 6.76. The summed E-state index contributed by atoms with van der Waals surface area (Å²) < 4.78 is 0. The van der Waals surface area contributed by atoms with E-state index in [1.807, 2.05) is 26.0 Å². The van der Waals surface area contributed by atoms with Crippen molar-refractivity contribution in [3.8, 4) is 0 Å². The van der Waals surface area contributed by atoms with Crippen molar-refractivity contribution in [2.75, 3.05) is 17.6 Å². The van der Waals surface area contributed by atoms with Gasteiger partial charge in [0.05, 0.1) is 6.04 Å². The smallest absolute Gasteiger partial charge is 0.265 e. The zero-order chi connectivity index (χ0) is 15.4. The van der Waals surface area contributed by atoms with Crippen molar-refractivity contribution in [1.82, 2.24) is 10.3 Å². The van der Waals surface area contributed by atoms with E-state index in [2.05, 4.69) is 15.6 Å². The summed E-state index contributed by atoms with van der Waals surface area (Å²) in [5.74, 6) is 0.0216. The van der Waals surface area contributed by atoms with E-state index < -0.39 is 0 Å². The number of anilines is 2. The van der Waals surface area contributed by atoms with Gasteiger partial charge < -0.3 is 16.4 Å². The molecule has 4 N–H and O–H groups in total. The van der Waals surface area contributed by atoms with Gasteiger partial charge in [0.1, 0.15) is 10.7 Å². The Kier molecular flexibility index (Phi) is 5.03. The number of nitrogen functional groups attached to an aromatic ring is 1. The van der Waals surface area contributed by atoms with Crippen LogP contribution in [0.4, 0.5) is 10.9 Å². The highest BCUT2D eigenvalue weighted by Crippen LogP contribution is 2.25. The van der Waals surface area contributed by atoms with Crippen molar-refractivity contribution in [3.05, 3.63) is 39.7 Å². The van der Waals surface area contributed by atoms with Crippen LogP contribution in [0.25, 0.3) is 0 Å². The van der Waals surface area contributed by atoms with Gasteiger partial charge in [-0.2, -0.15) is 0 Å². The van der Waals surface area contributed by atoms with Crippen LogP contribution in [0.15, 0.2) is 24.3 Å². The summed E-state index contributed by atoms with van der Waals surface area (Å²) in [6.07, 6.45) is 0. The van der Waals surface area contributed by atoms with E-state index in [9.17, 15) is 4.79 Å². The van der Waals surface area contributed by atoms with Crippen LogP contribution in [-0.4, -0.2) is 17.4 Å². The van der Waals surface area contributed by atoms with Crippen LogP contribution in [0, 0.1) is 0 Å². The average Bonchev–Trinajstić information content (AvgIpc) is 2.81. The molecule has 5 nitrogen and oxygen atoms in total. The van der Waals surface area contributed by atoms with Gasteiger partial charge in [0.2, 0.25) is 0 Å². The molecule has 0 spiro atoms. The van der Waals surface area contributed by atoms with E-state index >= 15 is 0 Å². The highest BCUT2D eigenvalue weighted by molar-refractivity contribution is 7.18. The summed E-state index contributed by atoms with van der Waals surface area (Å²) in [6.45, 7) is 4.60. The van der Waals surface area contributed by atoms with Crippen LogP contribution in [0.5, 0.6) is 0 Å². The molecule has 2 aromatic rings. The third-order valence-electron chi connectivity index (χ3n) is 2.91. The lowest BCUT2D eigenvalue weighted by Gasteiger charge is -2.13. The molecule has 1 aromatic heterocycles. The average molecular weight is 325 g/mol. The first-order valence-corrected chi connectivity index (χ1v) is 7.77. The molecule has 1 amide bonds. The summed E-state index contributed by atoms with van der Waals surface area (Å²) in [5, 5.41) is 7.27. The molecule has 1 unspecified atom stereocenters. The minimum Gasteiger partial charge on any atom is -0.382 e. The quantitative estimate of drug-likeness (QED) is 0.788. The highest BCUT2D eigenvalue weighted by atomic mass is 35.5. The first-order valence-electron chi connectivity index (χ1n) is 6.57. The number of nitrogens with zero attached hydrogens (tertiary/aromatic N) is 1. The molecule has 0 bridgehead atoms. The van der Waals surface area contributed by atoms with Crippen molar-refractivity contribution < 1.29 is 4.79 Å². The minimum atomic E-state index is -0.225. The maximum Gasteiger partial charge on any atom is 0.265 e. The molecule has 0 saturated carbocycles. The third kappa shape index (κ3) is 3.86. The number of carbonyl (C=O) groups is 1. The summed E-state index contributed by atoms with van der Waals surface area (Å²) in [7, 11) is 0. The van der Waals surface area contributed by atoms with E-state index in [0.29, 0.717) is 15.0 Å². The second-order valence-electron chi connectivity index (χ2n) is 4.51. The normalized spacial score (nSPS) is 12.0. The van der Waals surface area contributed by atoms with E-state index in [1.54, 1.807) is 12.1 Å². The van der Waals surface area contributed by atoms with Gasteiger partial charge in [-0.05, 0) is 31.5 Å². The van der Waals surface area contributed by atoms with Gasteiger partial charge in [-0.1, -0.05) is 35.1 Å². The molecule has 0 fully saturated rings. The molecule has 7 heteroatoms. The number of aromatic nitrogens is 1. The molecular weight excluding hydrogens is 308 g/mol. The fourth-order valence-electron chi connectivity index (χ4n) is 1.82. The van der Waals surface area contributed by atoms with Gasteiger partial charge in [-0.15, -0.1) is 0 Å². The van der Waals surface area contributed by atoms with Gasteiger partial charge in [0, 0.05) is 11.6 Å². The van der Waals surface area contributed by atoms with Gasteiger partial charge in [-0.25, -0.2) is 4.98 Å². The number of nitrogens with two attached hydrogens (primary N) is 1. The minimum absolute atomic E-state index is 0.140. The summed E-state index contributed by atoms with van der Waals surface area (Å²) in [4.78, 5) is 16.8. The summed E-state index contributed by atoms with van der Waals surface area (Å²) in [6, 6.07) is 7.22. The Morgan fingerprint density at radius 3 is 2.71 bits per heavy atom. The number of nitrogens with one attached hydrogen (secondary N) is 2. The van der Waals surface area contributed by atoms with E-state index in [0.717, 1.165) is 12.1 Å². The highest BCUT2D eigenvalue weighted by Gasteiger charge is 2.18. The van der Waals surface area contributed by atoms with Crippen LogP contribution >= 0.6 is 22.9 Å². The van der Waals surface area contributed by atoms with Crippen LogP contribution in [0.2, 0.25) is 5.02 Å². The molecule has 0 saturated heterocycles. The number of carbonyl (C=O) groups excluding carboxylic acids is 1. The second-order valence-corrected chi connectivity index (χ2v) is 5.95. The number of thiazole rings is 1. The number of amides is 1. The zero-order valence-corrected chi connectivity index (χ0v) is 13.4.